The standard InChI is InChI=1S/C16H15N5O2/c22-15-10-23-12-3-1-2-11(8-12)13-9-19-21-7-4-14(20-16(13)21)17-5-6-18-15/h1-4,7-9H,5-6,10H2,(H,17,20)(H,18,22). The zero-order valence-corrected chi connectivity index (χ0v) is 12.3. The Bertz CT molecular complexity index is 874. The molecule has 7 nitrogen and oxygen atoms in total. The van der Waals surface area contributed by atoms with Crippen LogP contribution in [0.3, 0.4) is 0 Å². The van der Waals surface area contributed by atoms with E-state index in [-0.39, 0.29) is 12.5 Å². The van der Waals surface area contributed by atoms with Crippen LogP contribution in [-0.4, -0.2) is 40.2 Å². The zero-order chi connectivity index (χ0) is 15.6. The summed E-state index contributed by atoms with van der Waals surface area (Å²) in [6, 6.07) is 9.43. The number of ether oxygens (including phenoxy) is 1. The molecule has 3 aromatic rings. The maximum atomic E-state index is 11.7. The lowest BCUT2D eigenvalue weighted by atomic mass is 10.1. The number of nitrogens with zero attached hydrogens (tertiary/aromatic N) is 3. The highest BCUT2D eigenvalue weighted by molar-refractivity contribution is 5.79. The Morgan fingerprint density at radius 2 is 2.09 bits per heavy atom. The maximum absolute atomic E-state index is 11.7. The quantitative estimate of drug-likeness (QED) is 0.654. The van der Waals surface area contributed by atoms with Crippen molar-refractivity contribution in [3.05, 3.63) is 42.7 Å². The predicted molar refractivity (Wildman–Crippen MR) is 85.4 cm³/mol. The van der Waals surface area contributed by atoms with Gasteiger partial charge in [-0.1, -0.05) is 12.1 Å². The van der Waals surface area contributed by atoms with E-state index in [4.69, 9.17) is 4.74 Å². The van der Waals surface area contributed by atoms with Crippen LogP contribution in [-0.2, 0) is 4.79 Å². The van der Waals surface area contributed by atoms with Crippen LogP contribution in [0, 0.1) is 0 Å². The van der Waals surface area contributed by atoms with Gasteiger partial charge in [0.15, 0.2) is 12.3 Å². The lowest BCUT2D eigenvalue weighted by Crippen LogP contribution is -2.32. The van der Waals surface area contributed by atoms with Gasteiger partial charge in [0.2, 0.25) is 0 Å². The number of amides is 1. The van der Waals surface area contributed by atoms with Crippen molar-refractivity contribution in [1.29, 1.82) is 0 Å². The minimum atomic E-state index is -0.149. The van der Waals surface area contributed by atoms with E-state index in [2.05, 4.69) is 20.7 Å². The monoisotopic (exact) mass is 309 g/mol. The summed E-state index contributed by atoms with van der Waals surface area (Å²) in [6.45, 7) is 1.08. The third kappa shape index (κ3) is 2.68. The van der Waals surface area contributed by atoms with Gasteiger partial charge >= 0.3 is 0 Å². The summed E-state index contributed by atoms with van der Waals surface area (Å²) in [5.41, 5.74) is 2.63. The van der Waals surface area contributed by atoms with E-state index in [1.54, 1.807) is 10.7 Å². The summed E-state index contributed by atoms with van der Waals surface area (Å²) in [5, 5.41) is 10.3. The number of benzene rings is 1. The molecule has 116 valence electrons. The van der Waals surface area contributed by atoms with Crippen molar-refractivity contribution in [3.63, 3.8) is 0 Å². The average molecular weight is 309 g/mol. The molecule has 0 aliphatic carbocycles. The fourth-order valence-electron chi connectivity index (χ4n) is 2.52. The second-order valence-corrected chi connectivity index (χ2v) is 5.23. The van der Waals surface area contributed by atoms with Crippen molar-refractivity contribution in [2.24, 2.45) is 0 Å². The van der Waals surface area contributed by atoms with Crippen LogP contribution in [0.15, 0.2) is 42.7 Å². The molecule has 1 aliphatic rings. The highest BCUT2D eigenvalue weighted by atomic mass is 16.5. The summed E-state index contributed by atoms with van der Waals surface area (Å²) in [6.07, 6.45) is 3.64. The van der Waals surface area contributed by atoms with Gasteiger partial charge in [0.05, 0.1) is 6.20 Å². The molecule has 3 heterocycles. The Balaban J connectivity index is 1.83. The first-order valence-corrected chi connectivity index (χ1v) is 7.38. The Kier molecular flexibility index (Phi) is 3.30. The number of hydrogen-bond acceptors (Lipinski definition) is 5. The number of carbonyl (C=O) groups is 1. The van der Waals surface area contributed by atoms with E-state index in [0.717, 1.165) is 22.6 Å². The first kappa shape index (κ1) is 13.6. The van der Waals surface area contributed by atoms with Gasteiger partial charge in [0.25, 0.3) is 5.91 Å². The Morgan fingerprint density at radius 1 is 1.17 bits per heavy atom. The molecule has 0 spiro atoms. The van der Waals surface area contributed by atoms with Crippen LogP contribution >= 0.6 is 0 Å². The number of aromatic nitrogens is 3. The minimum Gasteiger partial charge on any atom is -0.484 e. The summed E-state index contributed by atoms with van der Waals surface area (Å²) < 4.78 is 7.29. The molecule has 23 heavy (non-hydrogen) atoms. The van der Waals surface area contributed by atoms with Crippen LogP contribution in [0.5, 0.6) is 5.75 Å². The molecule has 4 bridgehead atoms. The largest absolute Gasteiger partial charge is 0.484 e. The molecule has 0 fully saturated rings. The van der Waals surface area contributed by atoms with Crippen molar-refractivity contribution in [3.8, 4) is 16.9 Å². The van der Waals surface area contributed by atoms with Crippen molar-refractivity contribution in [1.82, 2.24) is 19.9 Å². The third-order valence-electron chi connectivity index (χ3n) is 3.64. The molecule has 7 heteroatoms. The van der Waals surface area contributed by atoms with Crippen molar-refractivity contribution < 1.29 is 9.53 Å². The van der Waals surface area contributed by atoms with Gasteiger partial charge in [-0.15, -0.1) is 0 Å². The molecule has 4 rings (SSSR count). The summed E-state index contributed by atoms with van der Waals surface area (Å²) >= 11 is 0. The summed E-state index contributed by atoms with van der Waals surface area (Å²) in [4.78, 5) is 16.4. The van der Waals surface area contributed by atoms with E-state index in [0.29, 0.717) is 18.8 Å². The number of nitrogens with one attached hydrogen (secondary N) is 2. The molecule has 0 saturated carbocycles. The molecule has 1 aliphatic heterocycles. The second-order valence-electron chi connectivity index (χ2n) is 5.23. The molecule has 0 radical (unpaired) electrons. The zero-order valence-electron chi connectivity index (χ0n) is 12.3. The van der Waals surface area contributed by atoms with Gasteiger partial charge < -0.3 is 15.4 Å². The van der Waals surface area contributed by atoms with Crippen molar-refractivity contribution >= 4 is 17.4 Å². The highest BCUT2D eigenvalue weighted by Gasteiger charge is 2.11. The number of carbonyl (C=O) groups excluding carboxylic acids is 1. The topological polar surface area (TPSA) is 80.5 Å². The molecule has 1 amide bonds. The lowest BCUT2D eigenvalue weighted by molar-refractivity contribution is -0.123. The second kappa shape index (κ2) is 5.60. The number of hydrogen-bond donors (Lipinski definition) is 2. The van der Waals surface area contributed by atoms with E-state index in [9.17, 15) is 4.79 Å². The van der Waals surface area contributed by atoms with E-state index < -0.39 is 0 Å². The molecule has 2 aromatic heterocycles. The summed E-state index contributed by atoms with van der Waals surface area (Å²) in [5.74, 6) is 1.24. The Labute approximate surface area is 132 Å². The Morgan fingerprint density at radius 3 is 3.04 bits per heavy atom. The lowest BCUT2D eigenvalue weighted by Gasteiger charge is -2.11. The average Bonchev–Trinajstić information content (AvgIpc) is 3.00. The molecule has 1 aromatic carbocycles. The normalized spacial score (nSPS) is 14.7. The van der Waals surface area contributed by atoms with Gasteiger partial charge in [-0.05, 0) is 23.8 Å². The first-order chi connectivity index (χ1) is 11.3. The smallest absolute Gasteiger partial charge is 0.258 e. The molecule has 0 saturated heterocycles. The third-order valence-corrected chi connectivity index (χ3v) is 3.64. The van der Waals surface area contributed by atoms with Gasteiger partial charge in [0.1, 0.15) is 11.6 Å². The Hall–Kier alpha value is -3.09. The molecule has 2 N–H and O–H groups in total. The van der Waals surface area contributed by atoms with Crippen molar-refractivity contribution in [2.45, 2.75) is 0 Å². The number of fused-ring (bicyclic) bond motifs is 4. The van der Waals surface area contributed by atoms with Gasteiger partial charge in [-0.3, -0.25) is 4.79 Å². The number of rotatable bonds is 0. The maximum Gasteiger partial charge on any atom is 0.258 e. The summed E-state index contributed by atoms with van der Waals surface area (Å²) in [7, 11) is 0. The van der Waals surface area contributed by atoms with E-state index >= 15 is 0 Å². The van der Waals surface area contributed by atoms with Crippen LogP contribution in [0.2, 0.25) is 0 Å². The minimum absolute atomic E-state index is 0.00355. The van der Waals surface area contributed by atoms with Crippen LogP contribution < -0.4 is 15.4 Å². The van der Waals surface area contributed by atoms with Gasteiger partial charge in [0, 0.05) is 24.8 Å². The van der Waals surface area contributed by atoms with Gasteiger partial charge in [-0.2, -0.15) is 5.10 Å². The predicted octanol–water partition coefficient (Wildman–Crippen LogP) is 1.32. The molecular weight excluding hydrogens is 294 g/mol. The fraction of sp³-hybridized carbons (Fsp3) is 0.188. The molecular formula is C16H15N5O2. The first-order valence-electron chi connectivity index (χ1n) is 7.38. The molecule has 0 unspecified atom stereocenters. The van der Waals surface area contributed by atoms with E-state index in [1.165, 1.54) is 0 Å². The van der Waals surface area contributed by atoms with E-state index in [1.807, 2.05) is 36.5 Å². The highest BCUT2D eigenvalue weighted by Crippen LogP contribution is 2.27. The van der Waals surface area contributed by atoms with Crippen LogP contribution in [0.4, 0.5) is 5.82 Å². The van der Waals surface area contributed by atoms with Gasteiger partial charge in [-0.25, -0.2) is 9.50 Å². The van der Waals surface area contributed by atoms with Crippen LogP contribution in [0.1, 0.15) is 0 Å². The SMILES string of the molecule is O=C1COc2cccc(c2)-c2cnn3ccc(nc23)NCCN1. The fourth-order valence-corrected chi connectivity index (χ4v) is 2.52. The molecule has 0 atom stereocenters. The number of anilines is 1. The van der Waals surface area contributed by atoms with Crippen molar-refractivity contribution in [2.75, 3.05) is 25.0 Å². The van der Waals surface area contributed by atoms with Crippen LogP contribution in [0.25, 0.3) is 16.8 Å².